The highest BCUT2D eigenvalue weighted by Gasteiger charge is 2.14. The number of rotatable bonds is 11. The van der Waals surface area contributed by atoms with Gasteiger partial charge in [0, 0.05) is 18.9 Å². The van der Waals surface area contributed by atoms with Crippen LogP contribution < -0.4 is 0 Å². The third-order valence-electron chi connectivity index (χ3n) is 6.25. The molecule has 0 unspecified atom stereocenters. The normalized spacial score (nSPS) is 12.5. The van der Waals surface area contributed by atoms with E-state index in [-0.39, 0.29) is 11.5 Å². The van der Waals surface area contributed by atoms with Gasteiger partial charge >= 0.3 is 0 Å². The first kappa shape index (κ1) is 18.2. The summed E-state index contributed by atoms with van der Waals surface area (Å²) >= 11 is 0. The van der Waals surface area contributed by atoms with E-state index >= 15 is 0 Å². The van der Waals surface area contributed by atoms with Crippen molar-refractivity contribution in [3.63, 3.8) is 0 Å². The minimum Gasteiger partial charge on any atom is -0.508 e. The highest BCUT2D eigenvalue weighted by atomic mass is 16.3. The summed E-state index contributed by atoms with van der Waals surface area (Å²) in [6, 6.07) is 18.4. The van der Waals surface area contributed by atoms with Gasteiger partial charge in [0.25, 0.3) is 7.16 Å². The lowest BCUT2D eigenvalue weighted by Crippen LogP contribution is -1.99. The lowest BCUT2D eigenvalue weighted by molar-refractivity contribution is 0.445. The molecule has 0 saturated carbocycles. The number of hydrogen-bond acceptors (Lipinski definition) is 5. The molecule has 5 N–H and O–H groups in total. The van der Waals surface area contributed by atoms with Crippen LogP contribution in [0.25, 0.3) is 0 Å². The first-order valence-electron chi connectivity index (χ1n) is 13.5. The van der Waals surface area contributed by atoms with Crippen LogP contribution in [0, 0.1) is 20.8 Å². The molecule has 0 spiro atoms. The minimum atomic E-state index is 0.252. The van der Waals surface area contributed by atoms with Gasteiger partial charge in [-0.2, -0.15) is 0 Å². The van der Waals surface area contributed by atoms with Crippen LogP contribution in [-0.4, -0.2) is 32.7 Å². The van der Waals surface area contributed by atoms with Crippen molar-refractivity contribution in [1.29, 1.82) is 7.16 Å². The number of phenols is 5. The fraction of sp³-hybridized carbons (Fsp3) is 0.200. The molecule has 0 atom stereocenters. The van der Waals surface area contributed by atoms with Crippen LogP contribution in [0.1, 0.15) is 50.1 Å². The summed E-state index contributed by atoms with van der Waals surface area (Å²) in [4.78, 5) is 0. The summed E-state index contributed by atoms with van der Waals surface area (Å²) in [6.45, 7) is 5.71. The van der Waals surface area contributed by atoms with Gasteiger partial charge < -0.3 is 25.5 Å². The van der Waals surface area contributed by atoms with E-state index in [1.54, 1.807) is 12.1 Å². The van der Waals surface area contributed by atoms with E-state index in [0.29, 0.717) is 42.1 Å². The molecule has 0 aliphatic rings. The van der Waals surface area contributed by atoms with Gasteiger partial charge in [-0.1, -0.05) is 42.5 Å². The molecule has 180 valence electrons. The molecule has 0 bridgehead atoms. The number of hydrogen-bond donors (Lipinski definition) is 5. The van der Waals surface area contributed by atoms with Gasteiger partial charge in [0.05, 0.1) is 0 Å². The van der Waals surface area contributed by atoms with Gasteiger partial charge in [-0.15, -0.1) is 0 Å². The van der Waals surface area contributed by atoms with Crippen molar-refractivity contribution >= 4 is 0 Å². The fourth-order valence-corrected chi connectivity index (χ4v) is 4.46. The Hall–Kier alpha value is -4.12. The monoisotopic (exact) mass is 475 g/mol. The van der Waals surface area contributed by atoms with Gasteiger partial charge in [-0.25, -0.2) is 0 Å². The van der Waals surface area contributed by atoms with E-state index in [1.165, 1.54) is 6.07 Å². The van der Waals surface area contributed by atoms with Crippen molar-refractivity contribution in [2.75, 3.05) is 0 Å². The van der Waals surface area contributed by atoms with E-state index in [1.807, 2.05) is 63.2 Å². The number of aromatic hydroxyl groups is 5. The third-order valence-corrected chi connectivity index (χ3v) is 6.25. The van der Waals surface area contributed by atoms with Gasteiger partial charge in [0.15, 0.2) is 0 Å². The smallest absolute Gasteiger partial charge is 0.293 e. The van der Waals surface area contributed by atoms with Gasteiger partial charge in [0.1, 0.15) is 28.7 Å². The Kier molecular flexibility index (Phi) is 5.02. The second-order valence-corrected chi connectivity index (χ2v) is 9.21. The van der Waals surface area contributed by atoms with Crippen LogP contribution in [0.4, 0.5) is 0 Å². The lowest BCUT2D eigenvalue weighted by Gasteiger charge is -2.15. The quantitative estimate of drug-likeness (QED) is 0.186. The first-order valence-corrected chi connectivity index (χ1v) is 11.4. The molecule has 0 heterocycles. The van der Waals surface area contributed by atoms with Crippen LogP contribution >= 0.6 is 0 Å². The molecule has 0 amide bonds. The summed E-state index contributed by atoms with van der Waals surface area (Å²) in [5, 5.41) is 24.1. The Morgan fingerprint density at radius 3 is 1.66 bits per heavy atom. The van der Waals surface area contributed by atoms with E-state index in [2.05, 4.69) is 5.11 Å². The van der Waals surface area contributed by atoms with E-state index in [0.717, 1.165) is 44.5 Å². The zero-order chi connectivity index (χ0) is 28.8. The summed E-state index contributed by atoms with van der Waals surface area (Å²) in [7, 11) is 0. The lowest BCUT2D eigenvalue weighted by atomic mass is 9.92. The van der Waals surface area contributed by atoms with Gasteiger partial charge in [-0.3, -0.25) is 0 Å². The van der Waals surface area contributed by atoms with E-state index in [4.69, 9.17) is 27.6 Å². The number of aryl methyl sites for hydroxylation is 3. The second-order valence-electron chi connectivity index (χ2n) is 9.21. The Balaban J connectivity index is 1.69. The molecule has 0 fully saturated rings. The van der Waals surface area contributed by atoms with Crippen molar-refractivity contribution < 1.29 is 25.5 Å². The molecule has 0 aliphatic heterocycles. The Bertz CT molecular complexity index is 1510. The zero-order valence-corrected chi connectivity index (χ0v) is 19.9. The predicted octanol–water partition coefficient (Wildman–Crippen LogP) is 5.91. The van der Waals surface area contributed by atoms with E-state index < -0.39 is 0 Å². The van der Waals surface area contributed by atoms with Crippen LogP contribution in [0.15, 0.2) is 60.7 Å². The zero-order valence-electron chi connectivity index (χ0n) is 24.9. The highest BCUT2D eigenvalue weighted by molar-refractivity contribution is 5.51. The SMILES string of the molecule is [2H]Oc1ccc(Cc2cc(Cc3cc(C)c(O[2H])c(Cc4ccc(C)cc4O[2H])c3)cc(C)c2O[2H])c(O[2H])c1. The standard InChI is InChI=1S/C30H30O5/c1-17-4-5-22(27(32)8-17)14-24-12-20(9-18(2)29(24)34)11-21-10-19(3)30(35)25(13-21)15-23-6-7-26(31)16-28(23)33/h4-10,12-13,16,31-35H,11,14-15H2,1-3H3/i/hD5. The molecular weight excluding hydrogens is 440 g/mol. The van der Waals surface area contributed by atoms with Crippen molar-refractivity contribution in [3.05, 3.63) is 111 Å². The van der Waals surface area contributed by atoms with Crippen LogP contribution in [0.3, 0.4) is 0 Å². The van der Waals surface area contributed by atoms with Crippen molar-refractivity contribution in [2.45, 2.75) is 40.0 Å². The molecule has 35 heavy (non-hydrogen) atoms. The first-order chi connectivity index (χ1) is 19.3. The largest absolute Gasteiger partial charge is 0.508 e. The molecule has 5 nitrogen and oxygen atoms in total. The van der Waals surface area contributed by atoms with Crippen LogP contribution in [0.2, 0.25) is 0 Å². The highest BCUT2D eigenvalue weighted by Crippen LogP contribution is 2.33. The molecule has 0 saturated heterocycles. The maximum absolute atomic E-state index is 7.64. The van der Waals surface area contributed by atoms with Crippen molar-refractivity contribution in [3.8, 4) is 28.7 Å². The summed E-state index contributed by atoms with van der Waals surface area (Å²) in [5.41, 5.74) is 7.66. The molecule has 4 rings (SSSR count). The molecule has 4 aromatic carbocycles. The topological polar surface area (TPSA) is 101 Å². The van der Waals surface area contributed by atoms with Crippen molar-refractivity contribution in [2.24, 2.45) is 0 Å². The number of benzene rings is 4. The average Bonchev–Trinajstić information content (AvgIpc) is 2.94. The fourth-order valence-electron chi connectivity index (χ4n) is 4.46. The molecule has 5 heteroatoms. The minimum absolute atomic E-state index is 0.252. The molecule has 0 radical (unpaired) electrons. The Morgan fingerprint density at radius 1 is 0.543 bits per heavy atom. The molecule has 4 aromatic rings. The van der Waals surface area contributed by atoms with Gasteiger partial charge in [0.2, 0.25) is 0 Å². The Morgan fingerprint density at radius 2 is 1.11 bits per heavy atom. The second kappa shape index (κ2) is 9.63. The molecule has 0 aromatic heterocycles. The van der Waals surface area contributed by atoms with Crippen LogP contribution in [0.5, 0.6) is 28.7 Å². The Labute approximate surface area is 212 Å². The molecule has 0 aliphatic carbocycles. The summed E-state index contributed by atoms with van der Waals surface area (Å²) < 4.78 is 37.2. The third kappa shape index (κ3) is 5.35. The average molecular weight is 476 g/mol. The van der Waals surface area contributed by atoms with E-state index in [9.17, 15) is 0 Å². The van der Waals surface area contributed by atoms with Crippen LogP contribution in [-0.2, 0) is 19.3 Å². The van der Waals surface area contributed by atoms with Crippen molar-refractivity contribution in [1.82, 2.24) is 0 Å². The number of phenolic OH excluding ortho intramolecular Hbond substituents is 5. The maximum Gasteiger partial charge on any atom is 0.293 e. The molecular formula is C30H30O5. The summed E-state index contributed by atoms with van der Waals surface area (Å²) in [6.07, 6.45) is 1.34. The summed E-state index contributed by atoms with van der Waals surface area (Å²) in [5.74, 6) is 1.87. The predicted molar refractivity (Wildman–Crippen MR) is 137 cm³/mol. The maximum atomic E-state index is 7.64. The van der Waals surface area contributed by atoms with Gasteiger partial charge in [-0.05, 0) is 89.4 Å².